The van der Waals surface area contributed by atoms with Gasteiger partial charge in [0.05, 0.1) is 38.2 Å². The number of hydrogen-bond donors (Lipinski definition) is 2. The second-order valence-corrected chi connectivity index (χ2v) is 4.84. The maximum atomic E-state index is 12.0. The molecule has 20 heavy (non-hydrogen) atoms. The lowest BCUT2D eigenvalue weighted by molar-refractivity contribution is 0.0992. The summed E-state index contributed by atoms with van der Waals surface area (Å²) in [5.74, 6) is 0. The smallest absolute Gasteiger partial charge is 0.287 e. The molecule has 0 saturated carbocycles. The highest BCUT2D eigenvalue weighted by Gasteiger charge is 2.08. The third kappa shape index (κ3) is 5.46. The van der Waals surface area contributed by atoms with Gasteiger partial charge in [0.2, 0.25) is 0 Å². The van der Waals surface area contributed by atoms with Crippen LogP contribution in [0, 0.1) is 0 Å². The molecule has 0 aliphatic carbocycles. The Kier molecular flexibility index (Phi) is 7.53. The number of halogens is 1. The third-order valence-electron chi connectivity index (χ3n) is 2.54. The van der Waals surface area contributed by atoms with Crippen LogP contribution >= 0.6 is 11.6 Å². The Morgan fingerprint density at radius 2 is 2.25 bits per heavy atom. The first-order valence-corrected chi connectivity index (χ1v) is 6.77. The minimum absolute atomic E-state index is 0.00969. The molecule has 1 heterocycles. The van der Waals surface area contributed by atoms with Gasteiger partial charge in [-0.3, -0.25) is 4.79 Å². The minimum atomic E-state index is -0.310. The molecule has 0 atom stereocenters. The van der Waals surface area contributed by atoms with E-state index in [9.17, 15) is 4.79 Å². The van der Waals surface area contributed by atoms with Crippen LogP contribution in [-0.4, -0.2) is 66.8 Å². The van der Waals surface area contributed by atoms with Crippen LogP contribution < -0.4 is 10.9 Å². The zero-order valence-corrected chi connectivity index (χ0v) is 12.6. The van der Waals surface area contributed by atoms with Crippen molar-refractivity contribution in [2.75, 3.05) is 52.3 Å². The average Bonchev–Trinajstić information content (AvgIpc) is 2.42. The standard InChI is InChI=1S/C12H21ClN4O3/c1-16(2)4-5-17-12(19)11(13)10(9-15-17)14-3-7-20-8-6-18/h9,14,18H,3-8H2,1-2H3. The molecular weight excluding hydrogens is 284 g/mol. The predicted molar refractivity (Wildman–Crippen MR) is 78.5 cm³/mol. The monoisotopic (exact) mass is 304 g/mol. The van der Waals surface area contributed by atoms with Crippen LogP contribution in [0.2, 0.25) is 5.02 Å². The third-order valence-corrected chi connectivity index (χ3v) is 2.91. The largest absolute Gasteiger partial charge is 0.394 e. The van der Waals surface area contributed by atoms with Gasteiger partial charge in [-0.2, -0.15) is 5.10 Å². The Labute approximate surface area is 123 Å². The topological polar surface area (TPSA) is 79.6 Å². The number of anilines is 1. The van der Waals surface area contributed by atoms with E-state index in [4.69, 9.17) is 21.4 Å². The lowest BCUT2D eigenvalue weighted by Crippen LogP contribution is -2.29. The number of nitrogens with zero attached hydrogens (tertiary/aromatic N) is 3. The average molecular weight is 305 g/mol. The number of rotatable bonds is 9. The summed E-state index contributed by atoms with van der Waals surface area (Å²) in [6, 6.07) is 0. The fourth-order valence-corrected chi connectivity index (χ4v) is 1.68. The Morgan fingerprint density at radius 3 is 2.90 bits per heavy atom. The summed E-state index contributed by atoms with van der Waals surface area (Å²) in [4.78, 5) is 13.9. The number of hydrogen-bond acceptors (Lipinski definition) is 6. The van der Waals surface area contributed by atoms with Gasteiger partial charge in [0, 0.05) is 13.1 Å². The number of ether oxygens (including phenoxy) is 1. The molecule has 8 heteroatoms. The molecule has 114 valence electrons. The highest BCUT2D eigenvalue weighted by atomic mass is 35.5. The summed E-state index contributed by atoms with van der Waals surface area (Å²) in [6.07, 6.45) is 1.53. The molecule has 0 aromatic carbocycles. The van der Waals surface area contributed by atoms with E-state index in [1.165, 1.54) is 10.9 Å². The van der Waals surface area contributed by atoms with Gasteiger partial charge in [-0.25, -0.2) is 4.68 Å². The molecule has 1 aromatic heterocycles. The highest BCUT2D eigenvalue weighted by molar-refractivity contribution is 6.32. The summed E-state index contributed by atoms with van der Waals surface area (Å²) >= 11 is 6.02. The van der Waals surface area contributed by atoms with E-state index in [2.05, 4.69) is 10.4 Å². The SMILES string of the molecule is CN(C)CCn1ncc(NCCOCCO)c(Cl)c1=O. The van der Waals surface area contributed by atoms with Crippen LogP contribution in [0.15, 0.2) is 11.0 Å². The zero-order valence-electron chi connectivity index (χ0n) is 11.8. The van der Waals surface area contributed by atoms with Crippen molar-refractivity contribution in [2.45, 2.75) is 6.54 Å². The van der Waals surface area contributed by atoms with Gasteiger partial charge in [0.1, 0.15) is 5.02 Å². The maximum Gasteiger partial charge on any atom is 0.287 e. The van der Waals surface area contributed by atoms with Crippen LogP contribution in [0.1, 0.15) is 0 Å². The van der Waals surface area contributed by atoms with Crippen molar-refractivity contribution in [2.24, 2.45) is 0 Å². The van der Waals surface area contributed by atoms with E-state index >= 15 is 0 Å². The van der Waals surface area contributed by atoms with Crippen molar-refractivity contribution in [3.63, 3.8) is 0 Å². The van der Waals surface area contributed by atoms with E-state index in [1.54, 1.807) is 0 Å². The van der Waals surface area contributed by atoms with Crippen molar-refractivity contribution in [1.82, 2.24) is 14.7 Å². The summed E-state index contributed by atoms with van der Waals surface area (Å²) in [6.45, 7) is 2.39. The second kappa shape index (κ2) is 8.91. The van der Waals surface area contributed by atoms with Gasteiger partial charge in [0.15, 0.2) is 0 Å². The molecule has 7 nitrogen and oxygen atoms in total. The second-order valence-electron chi connectivity index (χ2n) is 4.47. The first-order valence-electron chi connectivity index (χ1n) is 6.39. The van der Waals surface area contributed by atoms with Gasteiger partial charge < -0.3 is 20.1 Å². The molecule has 1 rings (SSSR count). The van der Waals surface area contributed by atoms with Crippen molar-refractivity contribution < 1.29 is 9.84 Å². The first kappa shape index (κ1) is 16.9. The molecule has 1 aromatic rings. The van der Waals surface area contributed by atoms with Crippen molar-refractivity contribution >= 4 is 17.3 Å². The number of nitrogens with one attached hydrogen (secondary N) is 1. The van der Waals surface area contributed by atoms with E-state index in [1.807, 2.05) is 19.0 Å². The molecule has 0 aliphatic heterocycles. The fraction of sp³-hybridized carbons (Fsp3) is 0.667. The molecule has 0 bridgehead atoms. The van der Waals surface area contributed by atoms with Crippen molar-refractivity contribution in [3.05, 3.63) is 21.6 Å². The Bertz CT molecular complexity index is 465. The van der Waals surface area contributed by atoms with Gasteiger partial charge in [-0.15, -0.1) is 0 Å². The molecule has 0 spiro atoms. The highest BCUT2D eigenvalue weighted by Crippen LogP contribution is 2.14. The van der Waals surface area contributed by atoms with E-state index in [0.717, 1.165) is 0 Å². The Balaban J connectivity index is 2.57. The number of aromatic nitrogens is 2. The fourth-order valence-electron chi connectivity index (χ4n) is 1.47. The zero-order chi connectivity index (χ0) is 15.0. The minimum Gasteiger partial charge on any atom is -0.394 e. The normalized spacial score (nSPS) is 11.1. The molecule has 0 fully saturated rings. The summed E-state index contributed by atoms with van der Waals surface area (Å²) < 4.78 is 6.44. The molecule has 0 unspecified atom stereocenters. The molecule has 0 saturated heterocycles. The maximum absolute atomic E-state index is 12.0. The molecular formula is C12H21ClN4O3. The molecule has 2 N–H and O–H groups in total. The molecule has 0 amide bonds. The summed E-state index contributed by atoms with van der Waals surface area (Å²) in [5, 5.41) is 15.7. The Morgan fingerprint density at radius 1 is 1.50 bits per heavy atom. The van der Waals surface area contributed by atoms with Crippen LogP contribution in [0.25, 0.3) is 0 Å². The first-order chi connectivity index (χ1) is 9.56. The van der Waals surface area contributed by atoms with Gasteiger partial charge in [-0.1, -0.05) is 11.6 Å². The quantitative estimate of drug-likeness (QED) is 0.619. The number of aliphatic hydroxyl groups is 1. The molecule has 0 aliphatic rings. The lowest BCUT2D eigenvalue weighted by Gasteiger charge is -2.12. The lowest BCUT2D eigenvalue weighted by atomic mass is 10.4. The Hall–Kier alpha value is -1.15. The van der Waals surface area contributed by atoms with Gasteiger partial charge >= 0.3 is 0 Å². The number of likely N-dealkylation sites (N-methyl/N-ethyl adjacent to an activating group) is 1. The van der Waals surface area contributed by atoms with Gasteiger partial charge in [-0.05, 0) is 14.1 Å². The summed E-state index contributed by atoms with van der Waals surface area (Å²) in [7, 11) is 3.85. The van der Waals surface area contributed by atoms with Crippen LogP contribution in [0.5, 0.6) is 0 Å². The van der Waals surface area contributed by atoms with Gasteiger partial charge in [0.25, 0.3) is 5.56 Å². The van der Waals surface area contributed by atoms with E-state index in [0.29, 0.717) is 38.5 Å². The van der Waals surface area contributed by atoms with Crippen LogP contribution in [0.3, 0.4) is 0 Å². The van der Waals surface area contributed by atoms with E-state index in [-0.39, 0.29) is 17.2 Å². The van der Waals surface area contributed by atoms with Crippen LogP contribution in [0.4, 0.5) is 5.69 Å². The van der Waals surface area contributed by atoms with E-state index < -0.39 is 0 Å². The predicted octanol–water partition coefficient (Wildman–Crippen LogP) is -0.121. The van der Waals surface area contributed by atoms with Crippen molar-refractivity contribution in [1.29, 1.82) is 0 Å². The molecule has 0 radical (unpaired) electrons. The van der Waals surface area contributed by atoms with Crippen LogP contribution in [-0.2, 0) is 11.3 Å². The number of aliphatic hydroxyl groups excluding tert-OH is 1. The summed E-state index contributed by atoms with van der Waals surface area (Å²) in [5.41, 5.74) is 0.181. The van der Waals surface area contributed by atoms with Crippen molar-refractivity contribution in [3.8, 4) is 0 Å².